The van der Waals surface area contributed by atoms with Crippen LogP contribution in [0.5, 0.6) is 0 Å². The van der Waals surface area contributed by atoms with E-state index in [1.165, 1.54) is 23.6 Å². The number of rotatable bonds is 4. The Morgan fingerprint density at radius 3 is 2.35 bits per heavy atom. The lowest BCUT2D eigenvalue weighted by molar-refractivity contribution is -0.136. The molecule has 0 aliphatic rings. The quantitative estimate of drug-likeness (QED) is 0.335. The second kappa shape index (κ2) is 7.76. The number of aromatic nitrogens is 1. The summed E-state index contributed by atoms with van der Waals surface area (Å²) < 4.78 is 65.4. The molecule has 0 fully saturated rings. The maximum absolute atomic E-state index is 13.4. The minimum absolute atomic E-state index is 0.0978. The Morgan fingerprint density at radius 1 is 0.935 bits per heavy atom. The average Bonchev–Trinajstić information content (AvgIpc) is 3.23. The molecule has 4 rings (SSSR count). The SMILES string of the molecule is CC(C)S(=O)(=O)c1ccc(-c2cccc(-c3ccnc4c(C(F)(F)F)cccc34)c2)s1. The monoisotopic (exact) mass is 461 g/mol. The fraction of sp³-hybridized carbons (Fsp3) is 0.174. The van der Waals surface area contributed by atoms with Crippen LogP contribution in [-0.4, -0.2) is 18.7 Å². The van der Waals surface area contributed by atoms with Gasteiger partial charge in [0.15, 0.2) is 9.84 Å². The van der Waals surface area contributed by atoms with Crippen LogP contribution in [0.4, 0.5) is 13.2 Å². The van der Waals surface area contributed by atoms with Gasteiger partial charge >= 0.3 is 6.18 Å². The first-order valence-corrected chi connectivity index (χ1v) is 11.8. The van der Waals surface area contributed by atoms with Crippen molar-refractivity contribution < 1.29 is 21.6 Å². The summed E-state index contributed by atoms with van der Waals surface area (Å²) in [6, 6.07) is 16.4. The highest BCUT2D eigenvalue weighted by Crippen LogP contribution is 2.38. The van der Waals surface area contributed by atoms with Gasteiger partial charge in [-0.05, 0) is 60.9 Å². The van der Waals surface area contributed by atoms with Crippen LogP contribution >= 0.6 is 11.3 Å². The largest absolute Gasteiger partial charge is 0.418 e. The summed E-state index contributed by atoms with van der Waals surface area (Å²) in [5, 5.41) is -0.111. The van der Waals surface area contributed by atoms with Crippen LogP contribution in [0.3, 0.4) is 0 Å². The van der Waals surface area contributed by atoms with Crippen molar-refractivity contribution in [1.82, 2.24) is 4.98 Å². The summed E-state index contributed by atoms with van der Waals surface area (Å²) in [7, 11) is -3.37. The van der Waals surface area contributed by atoms with E-state index in [0.717, 1.165) is 22.1 Å². The number of halogens is 3. The molecule has 0 bridgehead atoms. The molecule has 0 unspecified atom stereocenters. The first-order valence-electron chi connectivity index (χ1n) is 9.48. The maximum Gasteiger partial charge on any atom is 0.418 e. The number of nitrogens with zero attached hydrogens (tertiary/aromatic N) is 1. The fourth-order valence-corrected chi connectivity index (χ4v) is 6.12. The molecule has 2 aromatic carbocycles. The highest BCUT2D eigenvalue weighted by Gasteiger charge is 2.33. The Hall–Kier alpha value is -2.71. The van der Waals surface area contributed by atoms with Crippen LogP contribution in [0, 0.1) is 0 Å². The molecule has 2 aromatic heterocycles. The number of hydrogen-bond acceptors (Lipinski definition) is 4. The van der Waals surface area contributed by atoms with E-state index < -0.39 is 26.8 Å². The van der Waals surface area contributed by atoms with Gasteiger partial charge in [0, 0.05) is 16.5 Å². The van der Waals surface area contributed by atoms with E-state index in [-0.39, 0.29) is 5.52 Å². The van der Waals surface area contributed by atoms with Crippen molar-refractivity contribution in [2.24, 2.45) is 0 Å². The molecule has 4 aromatic rings. The van der Waals surface area contributed by atoms with Gasteiger partial charge in [0.25, 0.3) is 0 Å². The Labute approximate surface area is 182 Å². The summed E-state index contributed by atoms with van der Waals surface area (Å²) in [4.78, 5) is 4.75. The maximum atomic E-state index is 13.4. The van der Waals surface area contributed by atoms with Crippen molar-refractivity contribution in [1.29, 1.82) is 0 Å². The molecule has 0 amide bonds. The fourth-order valence-electron chi connectivity index (χ4n) is 3.36. The van der Waals surface area contributed by atoms with Crippen LogP contribution in [-0.2, 0) is 16.0 Å². The van der Waals surface area contributed by atoms with Crippen molar-refractivity contribution >= 4 is 32.1 Å². The van der Waals surface area contributed by atoms with E-state index in [4.69, 9.17) is 0 Å². The van der Waals surface area contributed by atoms with Gasteiger partial charge in [0.2, 0.25) is 0 Å². The molecule has 0 saturated carbocycles. The van der Waals surface area contributed by atoms with Crippen molar-refractivity contribution in [2.45, 2.75) is 29.5 Å². The van der Waals surface area contributed by atoms with Gasteiger partial charge in [0.05, 0.1) is 16.3 Å². The van der Waals surface area contributed by atoms with Gasteiger partial charge < -0.3 is 0 Å². The highest BCUT2D eigenvalue weighted by atomic mass is 32.2. The smallest absolute Gasteiger partial charge is 0.256 e. The van der Waals surface area contributed by atoms with Gasteiger partial charge in [-0.15, -0.1) is 11.3 Å². The van der Waals surface area contributed by atoms with E-state index in [1.54, 1.807) is 44.2 Å². The summed E-state index contributed by atoms with van der Waals surface area (Å²) in [6.45, 7) is 3.28. The third-order valence-electron chi connectivity index (χ3n) is 5.02. The van der Waals surface area contributed by atoms with Gasteiger partial charge in [-0.25, -0.2) is 8.42 Å². The second-order valence-corrected chi connectivity index (χ2v) is 11.2. The lowest BCUT2D eigenvalue weighted by Crippen LogP contribution is -2.12. The standard InChI is InChI=1S/C23H18F3NO2S2/c1-14(2)31(28,29)21-10-9-20(30-21)16-6-3-5-15(13-16)17-11-12-27-22-18(17)7-4-8-19(22)23(24,25)26/h3-14H,1-2H3. The number of thiophene rings is 1. The molecule has 0 aliphatic carbocycles. The minimum atomic E-state index is -4.50. The van der Waals surface area contributed by atoms with E-state index in [9.17, 15) is 21.6 Å². The lowest BCUT2D eigenvalue weighted by atomic mass is 9.97. The molecule has 0 N–H and O–H groups in total. The molecular weight excluding hydrogens is 443 g/mol. The topological polar surface area (TPSA) is 47.0 Å². The predicted octanol–water partition coefficient (Wildman–Crippen LogP) is 6.83. The number of pyridine rings is 1. The van der Waals surface area contributed by atoms with E-state index in [2.05, 4.69) is 4.98 Å². The molecule has 0 spiro atoms. The first kappa shape index (κ1) is 21.5. The Kier molecular flexibility index (Phi) is 5.39. The Balaban J connectivity index is 1.82. The molecule has 0 saturated heterocycles. The molecule has 0 atom stereocenters. The van der Waals surface area contributed by atoms with Crippen LogP contribution in [0.1, 0.15) is 19.4 Å². The third kappa shape index (κ3) is 3.97. The third-order valence-corrected chi connectivity index (χ3v) is 8.83. The summed E-state index contributed by atoms with van der Waals surface area (Å²) in [6.07, 6.45) is -3.12. The first-order chi connectivity index (χ1) is 14.6. The molecule has 8 heteroatoms. The summed E-state index contributed by atoms with van der Waals surface area (Å²) in [5.74, 6) is 0. The summed E-state index contributed by atoms with van der Waals surface area (Å²) in [5.41, 5.74) is 1.28. The van der Waals surface area contributed by atoms with Crippen molar-refractivity contribution in [3.8, 4) is 21.6 Å². The molecular formula is C23H18F3NO2S2. The molecule has 31 heavy (non-hydrogen) atoms. The van der Waals surface area contributed by atoms with E-state index in [0.29, 0.717) is 15.2 Å². The number of hydrogen-bond donors (Lipinski definition) is 0. The molecule has 3 nitrogen and oxygen atoms in total. The number of sulfone groups is 1. The number of para-hydroxylation sites is 1. The van der Waals surface area contributed by atoms with Gasteiger partial charge in [0.1, 0.15) is 4.21 Å². The minimum Gasteiger partial charge on any atom is -0.256 e. The van der Waals surface area contributed by atoms with Gasteiger partial charge in [-0.1, -0.05) is 30.3 Å². The normalized spacial score (nSPS) is 12.6. The Morgan fingerprint density at radius 2 is 1.65 bits per heavy atom. The van der Waals surface area contributed by atoms with E-state index >= 15 is 0 Å². The zero-order valence-electron chi connectivity index (χ0n) is 16.6. The number of benzene rings is 2. The highest BCUT2D eigenvalue weighted by molar-refractivity contribution is 7.94. The van der Waals surface area contributed by atoms with Crippen LogP contribution in [0.2, 0.25) is 0 Å². The van der Waals surface area contributed by atoms with E-state index in [1.807, 2.05) is 18.2 Å². The van der Waals surface area contributed by atoms with Crippen LogP contribution < -0.4 is 0 Å². The van der Waals surface area contributed by atoms with Crippen LogP contribution in [0.15, 0.2) is 71.1 Å². The zero-order chi connectivity index (χ0) is 22.4. The average molecular weight is 462 g/mol. The predicted molar refractivity (Wildman–Crippen MR) is 118 cm³/mol. The van der Waals surface area contributed by atoms with Crippen molar-refractivity contribution in [2.75, 3.05) is 0 Å². The second-order valence-electron chi connectivity index (χ2n) is 7.35. The zero-order valence-corrected chi connectivity index (χ0v) is 18.3. The van der Waals surface area contributed by atoms with Gasteiger partial charge in [-0.2, -0.15) is 13.2 Å². The molecule has 160 valence electrons. The van der Waals surface area contributed by atoms with Gasteiger partial charge in [-0.3, -0.25) is 4.98 Å². The lowest BCUT2D eigenvalue weighted by Gasteiger charge is -2.12. The number of fused-ring (bicyclic) bond motifs is 1. The van der Waals surface area contributed by atoms with Crippen LogP contribution in [0.25, 0.3) is 32.5 Å². The summed E-state index contributed by atoms with van der Waals surface area (Å²) >= 11 is 1.19. The Bertz CT molecular complexity index is 1370. The number of alkyl halides is 3. The van der Waals surface area contributed by atoms with Crippen molar-refractivity contribution in [3.05, 3.63) is 72.4 Å². The molecule has 2 heterocycles. The molecule has 0 aliphatic heterocycles. The van der Waals surface area contributed by atoms with Crippen molar-refractivity contribution in [3.63, 3.8) is 0 Å². The molecule has 0 radical (unpaired) electrons.